The van der Waals surface area contributed by atoms with Crippen molar-refractivity contribution < 1.29 is 14.3 Å². The molecule has 8 heteroatoms. The number of nitrogens with one attached hydrogen (secondary N) is 2. The van der Waals surface area contributed by atoms with Gasteiger partial charge < -0.3 is 15.4 Å². The van der Waals surface area contributed by atoms with E-state index in [0.717, 1.165) is 43.7 Å². The van der Waals surface area contributed by atoms with Crippen LogP contribution in [0.4, 0.5) is 5.82 Å². The molecule has 0 atom stereocenters. The molecule has 1 fully saturated rings. The summed E-state index contributed by atoms with van der Waals surface area (Å²) in [4.78, 5) is 27.1. The summed E-state index contributed by atoms with van der Waals surface area (Å²) in [6.07, 6.45) is 2.37. The highest BCUT2D eigenvalue weighted by Crippen LogP contribution is 2.19. The Balaban J connectivity index is 1.45. The van der Waals surface area contributed by atoms with E-state index in [4.69, 9.17) is 4.74 Å². The Morgan fingerprint density at radius 1 is 1.16 bits per heavy atom. The van der Waals surface area contributed by atoms with Crippen LogP contribution in [0, 0.1) is 19.8 Å². The van der Waals surface area contributed by atoms with Gasteiger partial charge >= 0.3 is 0 Å². The zero-order valence-electron chi connectivity index (χ0n) is 19.4. The van der Waals surface area contributed by atoms with Crippen molar-refractivity contribution in [3.8, 4) is 5.69 Å². The Hall–Kier alpha value is -2.71. The molecule has 1 aromatic heterocycles. The van der Waals surface area contributed by atoms with Gasteiger partial charge in [0.2, 0.25) is 11.8 Å². The predicted octanol–water partition coefficient (Wildman–Crippen LogP) is 2.68. The van der Waals surface area contributed by atoms with Gasteiger partial charge in [0.1, 0.15) is 5.82 Å². The number of aryl methyl sites for hydroxylation is 2. The number of piperidine rings is 1. The average molecular weight is 442 g/mol. The molecule has 0 saturated carbocycles. The third-order valence-electron chi connectivity index (χ3n) is 5.67. The van der Waals surface area contributed by atoms with Gasteiger partial charge in [-0.25, -0.2) is 4.68 Å². The molecule has 0 bridgehead atoms. The molecular formula is C24H35N5O3. The quantitative estimate of drug-likeness (QED) is 0.554. The average Bonchev–Trinajstić information content (AvgIpc) is 3.14. The number of carbonyl (C=O) groups is 2. The Labute approximate surface area is 190 Å². The largest absolute Gasteiger partial charge is 0.382 e. The first kappa shape index (κ1) is 23.9. The zero-order valence-corrected chi connectivity index (χ0v) is 19.4. The maximum atomic E-state index is 12.7. The van der Waals surface area contributed by atoms with Crippen LogP contribution >= 0.6 is 0 Å². The topological polar surface area (TPSA) is 88.5 Å². The van der Waals surface area contributed by atoms with Gasteiger partial charge in [0.25, 0.3) is 0 Å². The van der Waals surface area contributed by atoms with E-state index in [-0.39, 0.29) is 17.7 Å². The molecule has 32 heavy (non-hydrogen) atoms. The first-order chi connectivity index (χ1) is 15.5. The van der Waals surface area contributed by atoms with Crippen LogP contribution in [0.1, 0.15) is 37.4 Å². The van der Waals surface area contributed by atoms with E-state index in [1.165, 1.54) is 5.56 Å². The molecule has 2 amide bonds. The molecule has 2 aromatic rings. The van der Waals surface area contributed by atoms with E-state index < -0.39 is 0 Å². The number of carbonyl (C=O) groups excluding carboxylic acids is 2. The minimum Gasteiger partial charge on any atom is -0.382 e. The van der Waals surface area contributed by atoms with Crippen LogP contribution in [-0.2, 0) is 14.3 Å². The predicted molar refractivity (Wildman–Crippen MR) is 125 cm³/mol. The van der Waals surface area contributed by atoms with Crippen LogP contribution < -0.4 is 10.6 Å². The lowest BCUT2D eigenvalue weighted by atomic mass is 9.96. The highest BCUT2D eigenvalue weighted by atomic mass is 16.5. The van der Waals surface area contributed by atoms with Gasteiger partial charge in [-0.15, -0.1) is 0 Å². The molecule has 1 aromatic carbocycles. The number of nitrogens with zero attached hydrogens (tertiary/aromatic N) is 3. The van der Waals surface area contributed by atoms with E-state index in [2.05, 4.69) is 20.6 Å². The van der Waals surface area contributed by atoms with E-state index in [1.54, 1.807) is 4.68 Å². The third kappa shape index (κ3) is 6.90. The van der Waals surface area contributed by atoms with Gasteiger partial charge in [0.15, 0.2) is 0 Å². The van der Waals surface area contributed by atoms with Crippen LogP contribution in [0.5, 0.6) is 0 Å². The molecule has 1 saturated heterocycles. The second kappa shape index (κ2) is 11.8. The first-order valence-electron chi connectivity index (χ1n) is 11.5. The van der Waals surface area contributed by atoms with Crippen molar-refractivity contribution in [2.24, 2.45) is 5.92 Å². The van der Waals surface area contributed by atoms with Crippen molar-refractivity contribution in [3.05, 3.63) is 41.6 Å². The maximum absolute atomic E-state index is 12.7. The molecule has 174 valence electrons. The number of hydrogen-bond donors (Lipinski definition) is 2. The standard InChI is InChI=1S/C24H35N5O3/c1-4-32-15-5-12-25-24(31)20-10-13-28(14-11-20)17-23(30)26-22-16-19(3)27-29(22)21-8-6-18(2)7-9-21/h6-9,16,20H,4-5,10-15,17H2,1-3H3,(H,25,31)(H,26,30). The monoisotopic (exact) mass is 441 g/mol. The number of ether oxygens (including phenoxy) is 1. The number of amides is 2. The number of rotatable bonds is 10. The van der Waals surface area contributed by atoms with Crippen LogP contribution in [0.15, 0.2) is 30.3 Å². The fourth-order valence-electron chi connectivity index (χ4n) is 3.88. The normalized spacial score (nSPS) is 15.0. The second-order valence-corrected chi connectivity index (χ2v) is 8.36. The van der Waals surface area contributed by atoms with Crippen molar-refractivity contribution >= 4 is 17.6 Å². The Kier molecular flexibility index (Phi) is 8.81. The van der Waals surface area contributed by atoms with E-state index in [1.807, 2.05) is 51.1 Å². The fraction of sp³-hybridized carbons (Fsp3) is 0.542. The summed E-state index contributed by atoms with van der Waals surface area (Å²) in [7, 11) is 0. The molecule has 1 aliphatic rings. The summed E-state index contributed by atoms with van der Waals surface area (Å²) in [6, 6.07) is 9.91. The summed E-state index contributed by atoms with van der Waals surface area (Å²) in [6.45, 7) is 9.72. The smallest absolute Gasteiger partial charge is 0.239 e. The van der Waals surface area contributed by atoms with Crippen molar-refractivity contribution in [2.45, 2.75) is 40.0 Å². The Morgan fingerprint density at radius 2 is 1.88 bits per heavy atom. The highest BCUT2D eigenvalue weighted by Gasteiger charge is 2.26. The van der Waals surface area contributed by atoms with Crippen LogP contribution in [0.2, 0.25) is 0 Å². The lowest BCUT2D eigenvalue weighted by Crippen LogP contribution is -2.43. The molecule has 3 rings (SSSR count). The van der Waals surface area contributed by atoms with Gasteiger partial charge in [0.05, 0.1) is 17.9 Å². The molecule has 0 spiro atoms. The van der Waals surface area contributed by atoms with Crippen molar-refractivity contribution in [3.63, 3.8) is 0 Å². The number of likely N-dealkylation sites (tertiary alicyclic amines) is 1. The molecule has 2 N–H and O–H groups in total. The van der Waals surface area contributed by atoms with Crippen LogP contribution in [0.25, 0.3) is 5.69 Å². The summed E-state index contributed by atoms with van der Waals surface area (Å²) in [5, 5.41) is 10.5. The molecule has 0 unspecified atom stereocenters. The summed E-state index contributed by atoms with van der Waals surface area (Å²) in [5.41, 5.74) is 2.92. The minimum atomic E-state index is -0.0721. The number of hydrogen-bond acceptors (Lipinski definition) is 5. The molecule has 1 aliphatic heterocycles. The molecule has 0 radical (unpaired) electrons. The van der Waals surface area contributed by atoms with Gasteiger partial charge in [0, 0.05) is 31.7 Å². The van der Waals surface area contributed by atoms with Gasteiger partial charge in [-0.3, -0.25) is 14.5 Å². The van der Waals surface area contributed by atoms with Crippen molar-refractivity contribution in [1.29, 1.82) is 0 Å². The van der Waals surface area contributed by atoms with E-state index in [9.17, 15) is 9.59 Å². The highest BCUT2D eigenvalue weighted by molar-refractivity contribution is 5.91. The van der Waals surface area contributed by atoms with Crippen LogP contribution in [-0.4, -0.2) is 65.9 Å². The maximum Gasteiger partial charge on any atom is 0.239 e. The van der Waals surface area contributed by atoms with Gasteiger partial charge in [-0.05, 0) is 65.3 Å². The fourth-order valence-corrected chi connectivity index (χ4v) is 3.88. The summed E-state index contributed by atoms with van der Waals surface area (Å²) < 4.78 is 7.05. The molecule has 0 aliphatic carbocycles. The lowest BCUT2D eigenvalue weighted by molar-refractivity contribution is -0.126. The molecule has 8 nitrogen and oxygen atoms in total. The molecular weight excluding hydrogens is 406 g/mol. The number of benzene rings is 1. The SMILES string of the molecule is CCOCCCNC(=O)C1CCN(CC(=O)Nc2cc(C)nn2-c2ccc(C)cc2)CC1. The molecule has 2 heterocycles. The Morgan fingerprint density at radius 3 is 2.56 bits per heavy atom. The van der Waals surface area contributed by atoms with E-state index >= 15 is 0 Å². The van der Waals surface area contributed by atoms with Gasteiger partial charge in [-0.1, -0.05) is 17.7 Å². The van der Waals surface area contributed by atoms with Crippen molar-refractivity contribution in [1.82, 2.24) is 20.0 Å². The zero-order chi connectivity index (χ0) is 22.9. The van der Waals surface area contributed by atoms with Crippen LogP contribution in [0.3, 0.4) is 0 Å². The number of aromatic nitrogens is 2. The first-order valence-corrected chi connectivity index (χ1v) is 11.5. The van der Waals surface area contributed by atoms with E-state index in [0.29, 0.717) is 32.1 Å². The summed E-state index contributed by atoms with van der Waals surface area (Å²) >= 11 is 0. The van der Waals surface area contributed by atoms with Gasteiger partial charge in [-0.2, -0.15) is 5.10 Å². The summed E-state index contributed by atoms with van der Waals surface area (Å²) in [5.74, 6) is 0.727. The van der Waals surface area contributed by atoms with Crippen molar-refractivity contribution in [2.75, 3.05) is 44.7 Å². The third-order valence-corrected chi connectivity index (χ3v) is 5.67. The lowest BCUT2D eigenvalue weighted by Gasteiger charge is -2.30. The number of anilines is 1. The second-order valence-electron chi connectivity index (χ2n) is 8.36. The Bertz CT molecular complexity index is 886. The minimum absolute atomic E-state index is 0.0204.